The van der Waals surface area contributed by atoms with Crippen LogP contribution in [0.1, 0.15) is 79.2 Å². The van der Waals surface area contributed by atoms with Gasteiger partial charge in [-0.05, 0) is 78.2 Å². The van der Waals surface area contributed by atoms with Crippen LogP contribution >= 0.6 is 11.3 Å². The molecule has 1 fully saturated rings. The normalized spacial score (nSPS) is 19.7. The number of thiazole rings is 1. The number of rotatable bonds is 6. The lowest BCUT2D eigenvalue weighted by Crippen LogP contribution is -2.23. The highest BCUT2D eigenvalue weighted by molar-refractivity contribution is 7.14. The summed E-state index contributed by atoms with van der Waals surface area (Å²) in [7, 11) is 5.97. The van der Waals surface area contributed by atoms with E-state index in [9.17, 15) is 4.79 Å². The van der Waals surface area contributed by atoms with Gasteiger partial charge in [-0.3, -0.25) is 4.79 Å². The van der Waals surface area contributed by atoms with Gasteiger partial charge in [-0.2, -0.15) is 0 Å². The van der Waals surface area contributed by atoms with Crippen molar-refractivity contribution in [3.63, 3.8) is 0 Å². The van der Waals surface area contributed by atoms with Crippen LogP contribution in [0, 0.1) is 12.8 Å². The van der Waals surface area contributed by atoms with Crippen LogP contribution in [0.25, 0.3) is 5.57 Å². The fourth-order valence-corrected chi connectivity index (χ4v) is 4.61. The molecule has 2 aliphatic rings. The summed E-state index contributed by atoms with van der Waals surface area (Å²) in [6, 6.07) is 0. The molecule has 31 heavy (non-hydrogen) atoms. The number of allylic oxidation sites excluding steroid dienone is 6. The summed E-state index contributed by atoms with van der Waals surface area (Å²) in [6.07, 6.45) is 18.4. The standard InChI is InChI=1S/C15H17NOS.C9H19N.C2H7N/c1-3-12-7-5-4-6-8-13(9-12)15-16-11(2)14(10-17)18-15;1-3-10(2)8-9-6-4-5-7-9;1-3-2/h4-5,7-8,10H,3,6,9H2,1-2H3;9H,3-8H2,1-2H3;3H,1-2H3/b5-4?,12-7-,13-8+;;. The molecule has 1 aromatic heterocycles. The molecule has 1 N–H and O–H groups in total. The van der Waals surface area contributed by atoms with Crippen LogP contribution < -0.4 is 5.32 Å². The first-order valence-corrected chi connectivity index (χ1v) is 12.5. The third-order valence-corrected chi connectivity index (χ3v) is 6.80. The van der Waals surface area contributed by atoms with Crippen molar-refractivity contribution in [3.8, 4) is 0 Å². The van der Waals surface area contributed by atoms with Crippen molar-refractivity contribution in [2.45, 2.75) is 65.7 Å². The van der Waals surface area contributed by atoms with Crippen LogP contribution in [0.3, 0.4) is 0 Å². The van der Waals surface area contributed by atoms with Gasteiger partial charge in [0.25, 0.3) is 0 Å². The van der Waals surface area contributed by atoms with E-state index in [2.05, 4.69) is 60.4 Å². The molecule has 0 radical (unpaired) electrons. The highest BCUT2D eigenvalue weighted by Crippen LogP contribution is 2.30. The summed E-state index contributed by atoms with van der Waals surface area (Å²) in [5.74, 6) is 1.02. The molecule has 2 aliphatic carbocycles. The number of carbonyl (C=O) groups is 1. The number of hydrogen-bond donors (Lipinski definition) is 1. The van der Waals surface area contributed by atoms with E-state index in [1.54, 1.807) is 0 Å². The van der Waals surface area contributed by atoms with Gasteiger partial charge in [-0.15, -0.1) is 11.3 Å². The SMILES string of the molecule is CC/C1=C/C=CC/C=C(/c2nc(C)c(C=O)s2)C1.CCN(C)CC1CCCC1.CNC. The van der Waals surface area contributed by atoms with Crippen molar-refractivity contribution < 1.29 is 4.79 Å². The van der Waals surface area contributed by atoms with Crippen LogP contribution in [-0.2, 0) is 0 Å². The predicted molar refractivity (Wildman–Crippen MR) is 137 cm³/mol. The van der Waals surface area contributed by atoms with Gasteiger partial charge in [0.2, 0.25) is 0 Å². The van der Waals surface area contributed by atoms with Crippen LogP contribution in [0.15, 0.2) is 29.9 Å². The molecule has 4 nitrogen and oxygen atoms in total. The monoisotopic (exact) mass is 445 g/mol. The number of carbonyl (C=O) groups excluding carboxylic acids is 1. The first-order valence-electron chi connectivity index (χ1n) is 11.7. The fourth-order valence-electron chi connectivity index (χ4n) is 3.69. The number of aromatic nitrogens is 1. The average Bonchev–Trinajstić information content (AvgIpc) is 3.38. The number of aryl methyl sites for hydroxylation is 1. The Morgan fingerprint density at radius 2 is 1.94 bits per heavy atom. The Balaban J connectivity index is 0.000000311. The lowest BCUT2D eigenvalue weighted by atomic mass is 10.0. The minimum Gasteiger partial charge on any atom is -0.323 e. The Hall–Kier alpha value is -1.56. The van der Waals surface area contributed by atoms with Crippen molar-refractivity contribution in [3.05, 3.63) is 45.5 Å². The molecule has 174 valence electrons. The molecular weight excluding hydrogens is 402 g/mol. The van der Waals surface area contributed by atoms with Gasteiger partial charge in [0.05, 0.1) is 10.6 Å². The smallest absolute Gasteiger partial charge is 0.161 e. The van der Waals surface area contributed by atoms with Crippen LogP contribution in [0.2, 0.25) is 0 Å². The van der Waals surface area contributed by atoms with E-state index in [0.29, 0.717) is 0 Å². The number of nitrogens with one attached hydrogen (secondary N) is 1. The maximum atomic E-state index is 10.9. The Labute approximate surface area is 194 Å². The Morgan fingerprint density at radius 3 is 2.48 bits per heavy atom. The minimum atomic E-state index is 0.741. The minimum absolute atomic E-state index is 0.741. The van der Waals surface area contributed by atoms with E-state index >= 15 is 0 Å². The molecule has 0 saturated heterocycles. The molecule has 0 aliphatic heterocycles. The summed E-state index contributed by atoms with van der Waals surface area (Å²) in [6.45, 7) is 8.83. The number of aldehydes is 1. The summed E-state index contributed by atoms with van der Waals surface area (Å²) in [4.78, 5) is 18.6. The maximum Gasteiger partial charge on any atom is 0.161 e. The second-order valence-electron chi connectivity index (χ2n) is 8.34. The quantitative estimate of drug-likeness (QED) is 0.522. The van der Waals surface area contributed by atoms with Crippen molar-refractivity contribution >= 4 is 23.2 Å². The molecule has 0 unspecified atom stereocenters. The molecule has 1 heterocycles. The van der Waals surface area contributed by atoms with E-state index in [1.165, 1.54) is 61.3 Å². The Bertz CT molecular complexity index is 727. The predicted octanol–water partition coefficient (Wildman–Crippen LogP) is 6.30. The first kappa shape index (κ1) is 27.5. The van der Waals surface area contributed by atoms with Crippen molar-refractivity contribution in [1.82, 2.24) is 15.2 Å². The van der Waals surface area contributed by atoms with Crippen molar-refractivity contribution in [2.75, 3.05) is 34.2 Å². The second-order valence-corrected chi connectivity index (χ2v) is 9.37. The third-order valence-electron chi connectivity index (χ3n) is 5.64. The molecular formula is C26H43N3OS. The third kappa shape index (κ3) is 10.5. The largest absolute Gasteiger partial charge is 0.323 e. The molecule has 0 atom stereocenters. The van der Waals surface area contributed by atoms with Crippen LogP contribution in [-0.4, -0.2) is 50.4 Å². The van der Waals surface area contributed by atoms with Gasteiger partial charge in [-0.1, -0.05) is 56.6 Å². The average molecular weight is 446 g/mol. The first-order chi connectivity index (χ1) is 15.0. The zero-order chi connectivity index (χ0) is 23.1. The van der Waals surface area contributed by atoms with E-state index in [-0.39, 0.29) is 0 Å². The summed E-state index contributed by atoms with van der Waals surface area (Å²) in [5.41, 5.74) is 3.48. The Morgan fingerprint density at radius 1 is 1.26 bits per heavy atom. The topological polar surface area (TPSA) is 45.2 Å². The lowest BCUT2D eigenvalue weighted by Gasteiger charge is -2.18. The molecule has 0 aromatic carbocycles. The van der Waals surface area contributed by atoms with Crippen molar-refractivity contribution in [2.24, 2.45) is 5.92 Å². The molecule has 0 bridgehead atoms. The fraction of sp³-hybridized carbons (Fsp3) is 0.615. The molecule has 0 amide bonds. The molecule has 0 spiro atoms. The maximum absolute atomic E-state index is 10.9. The van der Waals surface area contributed by atoms with E-state index in [1.807, 2.05) is 21.0 Å². The van der Waals surface area contributed by atoms with Crippen LogP contribution in [0.4, 0.5) is 0 Å². The molecule has 5 heteroatoms. The van der Waals surface area contributed by atoms with E-state index < -0.39 is 0 Å². The van der Waals surface area contributed by atoms with E-state index in [4.69, 9.17) is 0 Å². The van der Waals surface area contributed by atoms with E-state index in [0.717, 1.165) is 47.0 Å². The molecule has 1 aromatic rings. The van der Waals surface area contributed by atoms with Gasteiger partial charge in [0.15, 0.2) is 6.29 Å². The second kappa shape index (κ2) is 16.1. The zero-order valence-corrected chi connectivity index (χ0v) is 21.4. The highest BCUT2D eigenvalue weighted by Gasteiger charge is 2.15. The van der Waals surface area contributed by atoms with Gasteiger partial charge in [0, 0.05) is 6.54 Å². The van der Waals surface area contributed by atoms with Gasteiger partial charge >= 0.3 is 0 Å². The van der Waals surface area contributed by atoms with Gasteiger partial charge in [0.1, 0.15) is 5.01 Å². The summed E-state index contributed by atoms with van der Waals surface area (Å²) < 4.78 is 0. The molecule has 3 rings (SSSR count). The summed E-state index contributed by atoms with van der Waals surface area (Å²) >= 11 is 1.50. The number of hydrogen-bond acceptors (Lipinski definition) is 5. The zero-order valence-electron chi connectivity index (χ0n) is 20.5. The van der Waals surface area contributed by atoms with Crippen LogP contribution in [0.5, 0.6) is 0 Å². The van der Waals surface area contributed by atoms with Crippen molar-refractivity contribution in [1.29, 1.82) is 0 Å². The number of nitrogens with zero attached hydrogens (tertiary/aromatic N) is 2. The van der Waals surface area contributed by atoms with Gasteiger partial charge in [-0.25, -0.2) is 4.98 Å². The van der Waals surface area contributed by atoms with Gasteiger partial charge < -0.3 is 10.2 Å². The highest BCUT2D eigenvalue weighted by atomic mass is 32.1. The Kier molecular flexibility index (Phi) is 14.3. The molecule has 1 saturated carbocycles. The lowest BCUT2D eigenvalue weighted by molar-refractivity contribution is 0.112. The summed E-state index contributed by atoms with van der Waals surface area (Å²) in [5, 5.41) is 3.74.